The van der Waals surface area contributed by atoms with Gasteiger partial charge in [0, 0.05) is 41.8 Å². The average molecular weight is 309 g/mol. The van der Waals surface area contributed by atoms with Gasteiger partial charge >= 0.3 is 0 Å². The molecule has 1 aromatic carbocycles. The summed E-state index contributed by atoms with van der Waals surface area (Å²) in [4.78, 5) is 12.0. The number of aryl methyl sites for hydroxylation is 1. The van der Waals surface area contributed by atoms with Crippen LogP contribution in [0.5, 0.6) is 0 Å². The van der Waals surface area contributed by atoms with Gasteiger partial charge in [-0.25, -0.2) is 4.39 Å². The van der Waals surface area contributed by atoms with Crippen molar-refractivity contribution in [2.75, 3.05) is 0 Å². The lowest BCUT2D eigenvalue weighted by molar-refractivity contribution is 0.585. The highest BCUT2D eigenvalue weighted by atomic mass is 35.5. The zero-order valence-electron chi connectivity index (χ0n) is 12.3. The molecule has 2 aromatic rings. The molecule has 0 bridgehead atoms. The second-order valence-corrected chi connectivity index (χ2v) is 5.72. The molecule has 1 aromatic heterocycles. The molecule has 0 aliphatic rings. The Hall–Kier alpha value is -1.65. The van der Waals surface area contributed by atoms with E-state index in [-0.39, 0.29) is 10.5 Å². The fourth-order valence-electron chi connectivity index (χ4n) is 2.03. The maximum absolute atomic E-state index is 13.3. The van der Waals surface area contributed by atoms with Crippen LogP contribution in [-0.2, 0) is 6.54 Å². The lowest BCUT2D eigenvalue weighted by atomic mass is 10.2. The molecule has 1 N–H and O–H groups in total. The van der Waals surface area contributed by atoms with Crippen molar-refractivity contribution in [1.82, 2.24) is 9.88 Å². The molecular formula is C16H18ClFN2O. The van der Waals surface area contributed by atoms with Crippen LogP contribution in [0.3, 0.4) is 0 Å². The third kappa shape index (κ3) is 3.71. The molecule has 0 atom stereocenters. The van der Waals surface area contributed by atoms with Crippen LogP contribution in [0.2, 0.25) is 5.02 Å². The van der Waals surface area contributed by atoms with Gasteiger partial charge in [-0.2, -0.15) is 0 Å². The van der Waals surface area contributed by atoms with Gasteiger partial charge in [0.25, 0.3) is 0 Å². The molecule has 0 radical (unpaired) electrons. The van der Waals surface area contributed by atoms with E-state index in [0.717, 1.165) is 11.4 Å². The first-order valence-corrected chi connectivity index (χ1v) is 7.17. The van der Waals surface area contributed by atoms with Gasteiger partial charge in [-0.1, -0.05) is 25.4 Å². The standard InChI is InChI=1S/C16H18ClFN2O/c1-10(2)19-8-12-9-20(11(3)6-16(12)21)13-4-5-15(18)14(17)7-13/h4-7,9-10,19H,8H2,1-3H3. The Morgan fingerprint density at radius 1 is 1.33 bits per heavy atom. The summed E-state index contributed by atoms with van der Waals surface area (Å²) in [5.74, 6) is -0.458. The van der Waals surface area contributed by atoms with Gasteiger partial charge in [-0.15, -0.1) is 0 Å². The number of nitrogens with one attached hydrogen (secondary N) is 1. The normalized spacial score (nSPS) is 11.1. The van der Waals surface area contributed by atoms with Gasteiger partial charge in [-0.3, -0.25) is 4.79 Å². The lowest BCUT2D eigenvalue weighted by Crippen LogP contribution is -2.26. The fourth-order valence-corrected chi connectivity index (χ4v) is 2.21. The zero-order chi connectivity index (χ0) is 15.6. The third-order valence-electron chi connectivity index (χ3n) is 3.20. The van der Waals surface area contributed by atoms with Crippen molar-refractivity contribution in [3.8, 4) is 5.69 Å². The second kappa shape index (κ2) is 6.41. The van der Waals surface area contributed by atoms with Crippen LogP contribution in [0.1, 0.15) is 25.1 Å². The van der Waals surface area contributed by atoms with Crippen molar-refractivity contribution in [1.29, 1.82) is 0 Å². The lowest BCUT2D eigenvalue weighted by Gasteiger charge is -2.14. The summed E-state index contributed by atoms with van der Waals surface area (Å²) in [6.07, 6.45) is 1.77. The van der Waals surface area contributed by atoms with E-state index in [2.05, 4.69) is 5.32 Å². The molecule has 0 fully saturated rings. The van der Waals surface area contributed by atoms with Gasteiger partial charge in [0.05, 0.1) is 5.02 Å². The number of rotatable bonds is 4. The molecule has 1 heterocycles. The first-order chi connectivity index (χ1) is 9.88. The molecule has 3 nitrogen and oxygen atoms in total. The predicted octanol–water partition coefficient (Wildman–Crippen LogP) is 3.44. The van der Waals surface area contributed by atoms with E-state index in [1.807, 2.05) is 25.3 Å². The maximum atomic E-state index is 13.3. The van der Waals surface area contributed by atoms with Gasteiger partial charge in [0.15, 0.2) is 5.43 Å². The van der Waals surface area contributed by atoms with Gasteiger partial charge in [-0.05, 0) is 25.1 Å². The van der Waals surface area contributed by atoms with E-state index in [4.69, 9.17) is 11.6 Å². The first-order valence-electron chi connectivity index (χ1n) is 6.79. The number of aromatic nitrogens is 1. The SMILES string of the molecule is Cc1cc(=O)c(CNC(C)C)cn1-c1ccc(F)c(Cl)c1. The fraction of sp³-hybridized carbons (Fsp3) is 0.312. The highest BCUT2D eigenvalue weighted by molar-refractivity contribution is 6.30. The molecule has 0 saturated carbocycles. The van der Waals surface area contributed by atoms with Crippen molar-refractivity contribution in [3.63, 3.8) is 0 Å². The van der Waals surface area contributed by atoms with Gasteiger partial charge in [0.1, 0.15) is 5.82 Å². The Morgan fingerprint density at radius 3 is 2.67 bits per heavy atom. The summed E-state index contributed by atoms with van der Waals surface area (Å²) >= 11 is 5.83. The Balaban J connectivity index is 2.45. The average Bonchev–Trinajstić information content (AvgIpc) is 2.41. The van der Waals surface area contributed by atoms with Crippen LogP contribution < -0.4 is 10.7 Å². The molecule has 0 amide bonds. The molecule has 21 heavy (non-hydrogen) atoms. The number of halogens is 2. The van der Waals surface area contributed by atoms with E-state index in [9.17, 15) is 9.18 Å². The number of pyridine rings is 1. The quantitative estimate of drug-likeness (QED) is 0.939. The van der Waals surface area contributed by atoms with Crippen LogP contribution in [0.15, 0.2) is 35.3 Å². The largest absolute Gasteiger partial charge is 0.321 e. The summed E-state index contributed by atoms with van der Waals surface area (Å²) in [6, 6.07) is 6.38. The van der Waals surface area contributed by atoms with Crippen molar-refractivity contribution in [3.05, 3.63) is 62.8 Å². The molecular weight excluding hydrogens is 291 g/mol. The molecule has 0 aliphatic heterocycles. The minimum atomic E-state index is -0.458. The topological polar surface area (TPSA) is 34.0 Å². The van der Waals surface area contributed by atoms with Crippen LogP contribution in [0.4, 0.5) is 4.39 Å². The van der Waals surface area contributed by atoms with E-state index in [1.54, 1.807) is 24.4 Å². The van der Waals surface area contributed by atoms with E-state index in [1.165, 1.54) is 6.07 Å². The number of hydrogen-bond acceptors (Lipinski definition) is 2. The van der Waals surface area contributed by atoms with Crippen LogP contribution in [0.25, 0.3) is 5.69 Å². The van der Waals surface area contributed by atoms with Crippen molar-refractivity contribution < 1.29 is 4.39 Å². The van der Waals surface area contributed by atoms with Crippen molar-refractivity contribution in [2.45, 2.75) is 33.4 Å². The monoisotopic (exact) mass is 308 g/mol. The van der Waals surface area contributed by atoms with Crippen LogP contribution in [-0.4, -0.2) is 10.6 Å². The molecule has 112 valence electrons. The highest BCUT2D eigenvalue weighted by Crippen LogP contribution is 2.20. The summed E-state index contributed by atoms with van der Waals surface area (Å²) in [5.41, 5.74) is 2.15. The molecule has 2 rings (SSSR count). The maximum Gasteiger partial charge on any atom is 0.186 e. The minimum Gasteiger partial charge on any atom is -0.321 e. The van der Waals surface area contributed by atoms with Gasteiger partial charge in [0.2, 0.25) is 0 Å². The van der Waals surface area contributed by atoms with Crippen molar-refractivity contribution >= 4 is 11.6 Å². The molecule has 0 aliphatic carbocycles. The summed E-state index contributed by atoms with van der Waals surface area (Å²) in [5, 5.41) is 3.28. The Labute approximate surface area is 128 Å². The molecule has 0 unspecified atom stereocenters. The predicted molar refractivity (Wildman–Crippen MR) is 83.7 cm³/mol. The Bertz CT molecular complexity index is 710. The zero-order valence-corrected chi connectivity index (χ0v) is 13.0. The molecule has 0 spiro atoms. The van der Waals surface area contributed by atoms with Crippen LogP contribution in [0, 0.1) is 12.7 Å². The third-order valence-corrected chi connectivity index (χ3v) is 3.49. The molecule has 5 heteroatoms. The second-order valence-electron chi connectivity index (χ2n) is 5.31. The Morgan fingerprint density at radius 2 is 2.05 bits per heavy atom. The first kappa shape index (κ1) is 15.7. The number of benzene rings is 1. The molecule has 0 saturated heterocycles. The van der Waals surface area contributed by atoms with Crippen LogP contribution >= 0.6 is 11.6 Å². The minimum absolute atomic E-state index is 0.00916. The number of nitrogens with zero attached hydrogens (tertiary/aromatic N) is 1. The highest BCUT2D eigenvalue weighted by Gasteiger charge is 2.08. The Kier molecular flexibility index (Phi) is 4.80. The van der Waals surface area contributed by atoms with E-state index < -0.39 is 5.82 Å². The summed E-state index contributed by atoms with van der Waals surface area (Å²) in [7, 11) is 0. The van der Waals surface area contributed by atoms with E-state index >= 15 is 0 Å². The van der Waals surface area contributed by atoms with E-state index in [0.29, 0.717) is 18.2 Å². The number of hydrogen-bond donors (Lipinski definition) is 1. The summed E-state index contributed by atoms with van der Waals surface area (Å²) < 4.78 is 15.1. The van der Waals surface area contributed by atoms with Crippen molar-refractivity contribution in [2.24, 2.45) is 0 Å². The summed E-state index contributed by atoms with van der Waals surface area (Å²) in [6.45, 7) is 6.36. The smallest absolute Gasteiger partial charge is 0.186 e. The van der Waals surface area contributed by atoms with Gasteiger partial charge < -0.3 is 9.88 Å².